The van der Waals surface area contributed by atoms with Crippen LogP contribution in [0.15, 0.2) is 125 Å². The summed E-state index contributed by atoms with van der Waals surface area (Å²) in [6.45, 7) is 6.54. The molecule has 1 aliphatic carbocycles. The molecule has 63 heavy (non-hydrogen) atoms. The van der Waals surface area contributed by atoms with E-state index in [9.17, 15) is 23.3 Å². The van der Waals surface area contributed by atoms with Crippen LogP contribution < -0.4 is 14.9 Å². The number of carbonyl (C=O) groups is 1. The van der Waals surface area contributed by atoms with Crippen molar-refractivity contribution in [3.8, 4) is 11.1 Å². The summed E-state index contributed by atoms with van der Waals surface area (Å²) in [5, 5.41) is 16.5. The summed E-state index contributed by atoms with van der Waals surface area (Å²) in [4.78, 5) is 33.5. The molecule has 4 atom stereocenters. The number of amides is 1. The minimum Gasteiger partial charge on any atom is -0.376 e. The molecule has 2 N–H and O–H groups in total. The second kappa shape index (κ2) is 20.2. The van der Waals surface area contributed by atoms with Gasteiger partial charge in [-0.3, -0.25) is 19.8 Å². The zero-order valence-electron chi connectivity index (χ0n) is 34.6. The minimum absolute atomic E-state index is 0. The topological polar surface area (TPSA) is 128 Å². The van der Waals surface area contributed by atoms with Crippen molar-refractivity contribution in [1.82, 2.24) is 14.5 Å². The number of likely N-dealkylation sites (tertiary alicyclic amines) is 1. The summed E-state index contributed by atoms with van der Waals surface area (Å²) in [6, 6.07) is 35.8. The second-order valence-corrected chi connectivity index (χ2v) is 20.0. The van der Waals surface area contributed by atoms with E-state index in [-0.39, 0.29) is 52.7 Å². The Bertz CT molecular complexity index is 2530. The van der Waals surface area contributed by atoms with Crippen LogP contribution in [0.2, 0.25) is 5.02 Å². The Morgan fingerprint density at radius 1 is 0.873 bits per heavy atom. The number of anilines is 2. The van der Waals surface area contributed by atoms with Crippen molar-refractivity contribution in [3.05, 3.63) is 147 Å². The summed E-state index contributed by atoms with van der Waals surface area (Å²) >= 11 is 7.84. The van der Waals surface area contributed by atoms with Crippen LogP contribution in [0.4, 0.5) is 17.1 Å². The zero-order chi connectivity index (χ0) is 42.1. The van der Waals surface area contributed by atoms with Gasteiger partial charge in [0.15, 0.2) is 0 Å². The van der Waals surface area contributed by atoms with Gasteiger partial charge in [-0.25, -0.2) is 13.1 Å². The zero-order valence-corrected chi connectivity index (χ0v) is 38.6. The van der Waals surface area contributed by atoms with Crippen LogP contribution in [-0.2, 0) is 23.0 Å². The molecular formula is C47H51Cl3N6O5S2. The highest BCUT2D eigenvalue weighted by Gasteiger charge is 2.44. The molecule has 2 saturated heterocycles. The molecule has 9 rings (SSSR count). The SMILES string of the molecule is Cl.Cl.O=C(NS(=O)(=O)c1ccc(N[C@H](CCN2C[C@H]3C[C@H]3C2)CSc2ccccc2)c([N+](=O)[O-])c1)c1ccc2c(c1)CC[C@@H]1CN(Cc3ccccc3-c3ccc(Cl)cc3)CCN21. The molecule has 1 amide bonds. The average molecular weight is 950 g/mol. The lowest BCUT2D eigenvalue weighted by atomic mass is 9.92. The Kier molecular flexibility index (Phi) is 15.0. The van der Waals surface area contributed by atoms with Gasteiger partial charge in [-0.2, -0.15) is 0 Å². The molecule has 11 nitrogen and oxygen atoms in total. The van der Waals surface area contributed by atoms with Crippen LogP contribution in [0, 0.1) is 22.0 Å². The average Bonchev–Trinajstić information content (AvgIpc) is 3.88. The lowest BCUT2D eigenvalue weighted by Crippen LogP contribution is -2.54. The van der Waals surface area contributed by atoms with E-state index >= 15 is 0 Å². The standard InChI is InChI=1S/C47H49ClN6O5S2.2ClH/c48-38-14-10-32(11-15-38)43-9-5-4-6-35(43)27-52-22-23-53-40(30-52)16-12-33-24-34(13-19-45(33)53)47(55)50-61(58,59)42-17-18-44(46(26-42)54(56)57)49-39(31-60-41-7-2-1-3-8-41)20-21-51-28-36-25-37(36)29-51;;/h1-11,13-15,17-19,24,26,36-37,39-40,49H,12,16,20-23,25,27-31H2,(H,50,55);2*1H/t36-,37+,39-,40-;;/m1../s1. The van der Waals surface area contributed by atoms with E-state index in [0.29, 0.717) is 16.8 Å². The van der Waals surface area contributed by atoms with Gasteiger partial charge in [-0.1, -0.05) is 66.2 Å². The van der Waals surface area contributed by atoms with Gasteiger partial charge < -0.3 is 15.1 Å². The smallest absolute Gasteiger partial charge is 0.293 e. The Hall–Kier alpha value is -4.34. The number of nitrogens with zero attached hydrogens (tertiary/aromatic N) is 4. The van der Waals surface area contributed by atoms with E-state index in [0.717, 1.165) is 105 Å². The number of nitrogens with one attached hydrogen (secondary N) is 2. The second-order valence-electron chi connectivity index (χ2n) is 16.8. The first-order valence-electron chi connectivity index (χ1n) is 21.0. The molecule has 4 aliphatic rings. The quantitative estimate of drug-likeness (QED) is 0.0596. The van der Waals surface area contributed by atoms with Crippen LogP contribution in [0.3, 0.4) is 0 Å². The highest BCUT2D eigenvalue weighted by molar-refractivity contribution is 7.99. The number of nitro benzene ring substituents is 1. The number of aryl methyl sites for hydroxylation is 1. The number of carbonyl (C=O) groups excluding carboxylic acids is 1. The Labute approximate surface area is 391 Å². The number of rotatable bonds is 15. The molecule has 3 heterocycles. The maximum Gasteiger partial charge on any atom is 0.293 e. The van der Waals surface area contributed by atoms with Crippen molar-refractivity contribution >= 4 is 81.2 Å². The highest BCUT2D eigenvalue weighted by Crippen LogP contribution is 2.45. The van der Waals surface area contributed by atoms with Crippen molar-refractivity contribution in [2.45, 2.75) is 54.1 Å². The minimum atomic E-state index is -4.44. The molecule has 5 aromatic rings. The van der Waals surface area contributed by atoms with Crippen molar-refractivity contribution in [2.24, 2.45) is 11.8 Å². The number of benzene rings is 5. The molecule has 0 radical (unpaired) electrons. The summed E-state index contributed by atoms with van der Waals surface area (Å²) in [5.74, 6) is 1.52. The lowest BCUT2D eigenvalue weighted by molar-refractivity contribution is -0.384. The normalized spacial score (nSPS) is 19.6. The molecular weight excluding hydrogens is 899 g/mol. The molecule has 16 heteroatoms. The van der Waals surface area contributed by atoms with Crippen molar-refractivity contribution in [3.63, 3.8) is 0 Å². The third-order valence-electron chi connectivity index (χ3n) is 12.6. The predicted molar refractivity (Wildman–Crippen MR) is 258 cm³/mol. The van der Waals surface area contributed by atoms with Crippen molar-refractivity contribution < 1.29 is 18.1 Å². The maximum absolute atomic E-state index is 13.6. The fourth-order valence-corrected chi connectivity index (χ4v) is 11.4. The lowest BCUT2D eigenvalue weighted by Gasteiger charge is -2.46. The van der Waals surface area contributed by atoms with Crippen LogP contribution in [0.5, 0.6) is 0 Å². The van der Waals surface area contributed by atoms with E-state index in [1.807, 2.05) is 48.5 Å². The molecule has 3 fully saturated rings. The van der Waals surface area contributed by atoms with Gasteiger partial charge >= 0.3 is 0 Å². The summed E-state index contributed by atoms with van der Waals surface area (Å²) in [5.41, 5.74) is 5.78. The van der Waals surface area contributed by atoms with Gasteiger partial charge in [-0.05, 0) is 114 Å². The number of halogens is 3. The van der Waals surface area contributed by atoms with Gasteiger partial charge in [0, 0.05) is 90.9 Å². The van der Waals surface area contributed by atoms with Gasteiger partial charge in [0.05, 0.1) is 9.82 Å². The van der Waals surface area contributed by atoms with E-state index < -0.39 is 20.9 Å². The third kappa shape index (κ3) is 11.0. The number of hydrogen-bond acceptors (Lipinski definition) is 10. The molecule has 1 saturated carbocycles. The fraction of sp³-hybridized carbons (Fsp3) is 0.340. The first-order chi connectivity index (χ1) is 29.6. The number of hydrogen-bond donors (Lipinski definition) is 2. The first-order valence-corrected chi connectivity index (χ1v) is 23.9. The van der Waals surface area contributed by atoms with Gasteiger partial charge in [0.1, 0.15) is 5.69 Å². The fourth-order valence-electron chi connectivity index (χ4n) is 9.31. The first kappa shape index (κ1) is 46.6. The molecule has 3 aliphatic heterocycles. The molecule has 0 spiro atoms. The largest absolute Gasteiger partial charge is 0.376 e. The van der Waals surface area contributed by atoms with Crippen molar-refractivity contribution in [2.75, 3.05) is 55.2 Å². The summed E-state index contributed by atoms with van der Waals surface area (Å²) < 4.78 is 29.4. The van der Waals surface area contributed by atoms with Crippen LogP contribution in [0.1, 0.15) is 40.7 Å². The van der Waals surface area contributed by atoms with Gasteiger partial charge in [-0.15, -0.1) is 36.6 Å². The molecule has 0 unspecified atom stereocenters. The number of piperazine rings is 1. The highest BCUT2D eigenvalue weighted by atomic mass is 35.5. The van der Waals surface area contributed by atoms with Gasteiger partial charge in [0.25, 0.3) is 21.6 Å². The molecule has 0 bridgehead atoms. The molecule has 5 aromatic carbocycles. The summed E-state index contributed by atoms with van der Waals surface area (Å²) in [7, 11) is -4.44. The van der Waals surface area contributed by atoms with E-state index in [1.165, 1.54) is 29.7 Å². The Morgan fingerprint density at radius 3 is 2.38 bits per heavy atom. The maximum atomic E-state index is 13.6. The van der Waals surface area contributed by atoms with Crippen LogP contribution in [-0.4, -0.2) is 86.2 Å². The number of sulfonamides is 1. The third-order valence-corrected chi connectivity index (χ3v) is 15.4. The Balaban J connectivity index is 0.00000298. The number of piperidine rings is 1. The number of nitro groups is 1. The monoisotopic (exact) mass is 948 g/mol. The summed E-state index contributed by atoms with van der Waals surface area (Å²) in [6.07, 6.45) is 3.76. The molecule has 332 valence electrons. The van der Waals surface area contributed by atoms with E-state index in [4.69, 9.17) is 11.6 Å². The van der Waals surface area contributed by atoms with Crippen molar-refractivity contribution in [1.29, 1.82) is 0 Å². The van der Waals surface area contributed by atoms with Crippen LogP contribution in [0.25, 0.3) is 11.1 Å². The van der Waals surface area contributed by atoms with Gasteiger partial charge in [0.2, 0.25) is 0 Å². The number of fused-ring (bicyclic) bond motifs is 4. The Morgan fingerprint density at radius 2 is 1.62 bits per heavy atom. The predicted octanol–water partition coefficient (Wildman–Crippen LogP) is 9.43. The number of thioether (sulfide) groups is 1. The van der Waals surface area contributed by atoms with Crippen LogP contribution >= 0.6 is 48.2 Å². The van der Waals surface area contributed by atoms with E-state index in [1.54, 1.807) is 23.9 Å². The van der Waals surface area contributed by atoms with E-state index in [2.05, 4.69) is 61.1 Å². The molecule has 0 aromatic heterocycles.